The van der Waals surface area contributed by atoms with Crippen molar-refractivity contribution < 1.29 is 23.4 Å². The zero-order valence-electron chi connectivity index (χ0n) is 21.7. The van der Waals surface area contributed by atoms with Gasteiger partial charge in [0.1, 0.15) is 5.58 Å². The Kier molecular flexibility index (Phi) is 8.04. The summed E-state index contributed by atoms with van der Waals surface area (Å²) in [6.07, 6.45) is 0.672. The third-order valence-electron chi connectivity index (χ3n) is 5.96. The van der Waals surface area contributed by atoms with Crippen LogP contribution in [0.25, 0.3) is 33.5 Å². The van der Waals surface area contributed by atoms with Crippen LogP contribution in [0.5, 0.6) is 11.5 Å². The number of fused-ring (bicyclic) bond motifs is 2. The summed E-state index contributed by atoms with van der Waals surface area (Å²) in [5.41, 5.74) is 1.42. The standard InChI is InChI=1S/C29H23Br2N3O6/c1-4-38-24-13-18(21(31)14-25(24)39-16(2)29(36)37-3)15-32-34-27(33-22-8-6-5-7-20(22)28(34)35)26-12-17-11-19(30)9-10-23(17)40-26/h5-16H,4H2,1-3H3/t16-/m0/s1. The van der Waals surface area contributed by atoms with Gasteiger partial charge in [-0.15, -0.1) is 0 Å². The van der Waals surface area contributed by atoms with Crippen molar-refractivity contribution >= 4 is 65.9 Å². The molecule has 0 bridgehead atoms. The van der Waals surface area contributed by atoms with E-state index in [0.29, 0.717) is 50.4 Å². The first-order valence-corrected chi connectivity index (χ1v) is 13.8. The molecule has 0 saturated heterocycles. The lowest BCUT2D eigenvalue weighted by molar-refractivity contribution is -0.147. The molecule has 0 N–H and O–H groups in total. The highest BCUT2D eigenvalue weighted by molar-refractivity contribution is 9.10. The van der Waals surface area contributed by atoms with Crippen LogP contribution in [-0.2, 0) is 9.53 Å². The van der Waals surface area contributed by atoms with Gasteiger partial charge in [-0.25, -0.2) is 9.78 Å². The summed E-state index contributed by atoms with van der Waals surface area (Å²) in [5.74, 6) is 0.873. The van der Waals surface area contributed by atoms with Gasteiger partial charge in [0, 0.05) is 19.9 Å². The van der Waals surface area contributed by atoms with Crippen LogP contribution >= 0.6 is 31.9 Å². The molecule has 0 aliphatic rings. The van der Waals surface area contributed by atoms with Crippen molar-refractivity contribution in [3.8, 4) is 23.1 Å². The normalized spacial score (nSPS) is 12.2. The number of para-hydroxylation sites is 1. The summed E-state index contributed by atoms with van der Waals surface area (Å²) in [4.78, 5) is 30.2. The van der Waals surface area contributed by atoms with Crippen molar-refractivity contribution in [2.75, 3.05) is 13.7 Å². The number of carbonyl (C=O) groups excluding carboxylic acids is 1. The van der Waals surface area contributed by atoms with Gasteiger partial charge in [-0.05, 0) is 78.3 Å². The number of esters is 1. The Morgan fingerprint density at radius 3 is 2.70 bits per heavy atom. The number of furan rings is 1. The molecule has 11 heteroatoms. The SMILES string of the molecule is CCOc1cc(C=Nn2c(-c3cc4cc(Br)ccc4o3)nc3ccccc3c2=O)c(Br)cc1O[C@@H](C)C(=O)OC. The number of methoxy groups -OCH3 is 1. The molecule has 0 amide bonds. The van der Waals surface area contributed by atoms with Crippen LogP contribution in [-0.4, -0.2) is 41.7 Å². The second kappa shape index (κ2) is 11.6. The van der Waals surface area contributed by atoms with Crippen molar-refractivity contribution in [2.45, 2.75) is 20.0 Å². The van der Waals surface area contributed by atoms with Crippen molar-refractivity contribution in [3.05, 3.63) is 85.5 Å². The lowest BCUT2D eigenvalue weighted by atomic mass is 10.2. The summed E-state index contributed by atoms with van der Waals surface area (Å²) >= 11 is 7.01. The molecule has 40 heavy (non-hydrogen) atoms. The van der Waals surface area contributed by atoms with E-state index in [9.17, 15) is 9.59 Å². The summed E-state index contributed by atoms with van der Waals surface area (Å²) < 4.78 is 25.1. The number of benzene rings is 3. The Morgan fingerprint density at radius 2 is 1.93 bits per heavy atom. The minimum Gasteiger partial charge on any atom is -0.490 e. The summed E-state index contributed by atoms with van der Waals surface area (Å²) in [6, 6.07) is 17.9. The molecule has 0 aliphatic carbocycles. The molecule has 3 aromatic carbocycles. The quantitative estimate of drug-likeness (QED) is 0.136. The van der Waals surface area contributed by atoms with E-state index in [-0.39, 0.29) is 11.4 Å². The average Bonchev–Trinajstić information content (AvgIpc) is 3.37. The van der Waals surface area contributed by atoms with Gasteiger partial charge in [-0.2, -0.15) is 9.78 Å². The minimum atomic E-state index is -0.843. The van der Waals surface area contributed by atoms with Gasteiger partial charge in [-0.3, -0.25) is 4.79 Å². The first-order chi connectivity index (χ1) is 19.3. The third-order valence-corrected chi connectivity index (χ3v) is 7.14. The molecule has 5 aromatic rings. The highest BCUT2D eigenvalue weighted by Crippen LogP contribution is 2.34. The molecule has 0 spiro atoms. The number of hydrogen-bond acceptors (Lipinski definition) is 8. The number of aromatic nitrogens is 2. The van der Waals surface area contributed by atoms with Crippen LogP contribution in [0.3, 0.4) is 0 Å². The predicted molar refractivity (Wildman–Crippen MR) is 159 cm³/mol. The summed E-state index contributed by atoms with van der Waals surface area (Å²) in [6.45, 7) is 3.78. The minimum absolute atomic E-state index is 0.250. The molecule has 2 heterocycles. The van der Waals surface area contributed by atoms with Crippen LogP contribution in [0.15, 0.2) is 83.9 Å². The van der Waals surface area contributed by atoms with Gasteiger partial charge in [0.2, 0.25) is 5.82 Å². The number of carbonyl (C=O) groups is 1. The zero-order valence-corrected chi connectivity index (χ0v) is 24.9. The molecule has 0 unspecified atom stereocenters. The van der Waals surface area contributed by atoms with Gasteiger partial charge in [-0.1, -0.05) is 28.1 Å². The number of hydrogen-bond donors (Lipinski definition) is 0. The van der Waals surface area contributed by atoms with Crippen LogP contribution in [0, 0.1) is 0 Å². The molecule has 5 rings (SSSR count). The van der Waals surface area contributed by atoms with Crippen LogP contribution in [0.4, 0.5) is 0 Å². The Bertz CT molecular complexity index is 1830. The molecule has 204 valence electrons. The molecule has 0 aliphatic heterocycles. The summed E-state index contributed by atoms with van der Waals surface area (Å²) in [7, 11) is 1.29. The number of halogens is 2. The topological polar surface area (TPSA) is 105 Å². The fourth-order valence-electron chi connectivity index (χ4n) is 4.05. The van der Waals surface area contributed by atoms with Crippen LogP contribution in [0.2, 0.25) is 0 Å². The van der Waals surface area contributed by atoms with E-state index < -0.39 is 12.1 Å². The fourth-order valence-corrected chi connectivity index (χ4v) is 4.85. The van der Waals surface area contributed by atoms with Gasteiger partial charge in [0.15, 0.2) is 23.4 Å². The second-order valence-electron chi connectivity index (χ2n) is 8.64. The molecule has 0 fully saturated rings. The van der Waals surface area contributed by atoms with Crippen molar-refractivity contribution in [3.63, 3.8) is 0 Å². The Labute approximate surface area is 245 Å². The molecule has 2 aromatic heterocycles. The van der Waals surface area contributed by atoms with E-state index >= 15 is 0 Å². The molecule has 0 saturated carbocycles. The summed E-state index contributed by atoms with van der Waals surface area (Å²) in [5, 5.41) is 5.80. The lowest BCUT2D eigenvalue weighted by Gasteiger charge is -2.17. The lowest BCUT2D eigenvalue weighted by Crippen LogP contribution is -2.25. The molecule has 9 nitrogen and oxygen atoms in total. The monoisotopic (exact) mass is 667 g/mol. The molecule has 1 atom stereocenters. The van der Waals surface area contributed by atoms with Crippen LogP contribution in [0.1, 0.15) is 19.4 Å². The van der Waals surface area contributed by atoms with Gasteiger partial charge in [0.25, 0.3) is 5.56 Å². The van der Waals surface area contributed by atoms with E-state index in [2.05, 4.69) is 37.0 Å². The molecule has 0 radical (unpaired) electrons. The maximum atomic E-state index is 13.6. The van der Waals surface area contributed by atoms with E-state index in [4.69, 9.17) is 23.6 Å². The molecular weight excluding hydrogens is 646 g/mol. The first-order valence-electron chi connectivity index (χ1n) is 12.3. The molecular formula is C29H23Br2N3O6. The van der Waals surface area contributed by atoms with Gasteiger partial charge in [0.05, 0.1) is 30.8 Å². The van der Waals surface area contributed by atoms with E-state index in [1.807, 2.05) is 37.3 Å². The van der Waals surface area contributed by atoms with Gasteiger partial charge < -0.3 is 18.6 Å². The van der Waals surface area contributed by atoms with E-state index in [1.54, 1.807) is 37.3 Å². The largest absolute Gasteiger partial charge is 0.490 e. The van der Waals surface area contributed by atoms with Crippen molar-refractivity contribution in [1.82, 2.24) is 9.66 Å². The van der Waals surface area contributed by atoms with E-state index in [0.717, 1.165) is 9.86 Å². The second-order valence-corrected chi connectivity index (χ2v) is 10.4. The number of rotatable bonds is 8. The Balaban J connectivity index is 1.62. The fraction of sp³-hybridized carbons (Fsp3) is 0.172. The Hall–Kier alpha value is -3.96. The predicted octanol–water partition coefficient (Wildman–Crippen LogP) is 6.56. The Morgan fingerprint density at radius 1 is 1.12 bits per heavy atom. The van der Waals surface area contributed by atoms with E-state index in [1.165, 1.54) is 18.0 Å². The van der Waals surface area contributed by atoms with Crippen molar-refractivity contribution in [2.24, 2.45) is 5.10 Å². The highest BCUT2D eigenvalue weighted by atomic mass is 79.9. The van der Waals surface area contributed by atoms with Crippen LogP contribution < -0.4 is 15.0 Å². The number of ether oxygens (including phenoxy) is 3. The zero-order chi connectivity index (χ0) is 28.4. The van der Waals surface area contributed by atoms with Crippen molar-refractivity contribution in [1.29, 1.82) is 0 Å². The maximum Gasteiger partial charge on any atom is 0.346 e. The highest BCUT2D eigenvalue weighted by Gasteiger charge is 2.20. The maximum absolute atomic E-state index is 13.6. The number of nitrogens with zero attached hydrogens (tertiary/aromatic N) is 3. The first kappa shape index (κ1) is 27.6. The average molecular weight is 669 g/mol. The smallest absolute Gasteiger partial charge is 0.346 e. The van der Waals surface area contributed by atoms with Gasteiger partial charge >= 0.3 is 5.97 Å². The third kappa shape index (κ3) is 5.52.